The van der Waals surface area contributed by atoms with Crippen LogP contribution >= 0.6 is 11.6 Å². The van der Waals surface area contributed by atoms with Crippen molar-refractivity contribution in [3.05, 3.63) is 34.9 Å². The number of benzene rings is 1. The minimum absolute atomic E-state index is 0.0704. The Balaban J connectivity index is 2.19. The number of nitriles is 1. The van der Waals surface area contributed by atoms with Crippen LogP contribution in [-0.4, -0.2) is 0 Å². The molecule has 0 spiro atoms. The average Bonchev–Trinajstić information content (AvgIpc) is 2.13. The Bertz CT molecular complexity index is 346. The molecular formula is C12H12ClN. The zero-order valence-corrected chi connectivity index (χ0v) is 8.67. The van der Waals surface area contributed by atoms with Gasteiger partial charge in [-0.05, 0) is 36.5 Å². The van der Waals surface area contributed by atoms with E-state index < -0.39 is 0 Å². The van der Waals surface area contributed by atoms with E-state index in [4.69, 9.17) is 16.9 Å². The zero-order valence-electron chi connectivity index (χ0n) is 7.91. The Morgan fingerprint density at radius 3 is 2.36 bits per heavy atom. The van der Waals surface area contributed by atoms with E-state index in [1.807, 2.05) is 24.3 Å². The van der Waals surface area contributed by atoms with Crippen LogP contribution in [0.3, 0.4) is 0 Å². The molecule has 1 fully saturated rings. The van der Waals surface area contributed by atoms with Gasteiger partial charge in [0.25, 0.3) is 0 Å². The molecule has 0 saturated heterocycles. The molecule has 1 unspecified atom stereocenters. The lowest BCUT2D eigenvalue weighted by atomic mass is 9.74. The van der Waals surface area contributed by atoms with Gasteiger partial charge in [-0.1, -0.05) is 30.2 Å². The van der Waals surface area contributed by atoms with Gasteiger partial charge in [0.05, 0.1) is 12.0 Å². The molecule has 0 aromatic heterocycles. The van der Waals surface area contributed by atoms with Crippen molar-refractivity contribution in [1.82, 2.24) is 0 Å². The molecule has 1 saturated carbocycles. The van der Waals surface area contributed by atoms with Gasteiger partial charge in [-0.3, -0.25) is 0 Å². The predicted molar refractivity (Wildman–Crippen MR) is 57.1 cm³/mol. The molecule has 0 bridgehead atoms. The maximum absolute atomic E-state index is 9.10. The standard InChI is InChI=1S/C12H12ClN/c13-11-6-4-10(5-7-11)12(8-14)9-2-1-3-9/h4-7,9,12H,1-3H2. The Morgan fingerprint density at radius 1 is 1.29 bits per heavy atom. The van der Waals surface area contributed by atoms with Gasteiger partial charge < -0.3 is 0 Å². The molecule has 1 aromatic carbocycles. The smallest absolute Gasteiger partial charge is 0.0740 e. The molecule has 0 heterocycles. The normalized spacial score (nSPS) is 18.3. The third-order valence-electron chi connectivity index (χ3n) is 2.99. The van der Waals surface area contributed by atoms with E-state index in [-0.39, 0.29) is 5.92 Å². The molecule has 1 atom stereocenters. The third kappa shape index (κ3) is 1.76. The lowest BCUT2D eigenvalue weighted by molar-refractivity contribution is 0.292. The molecular weight excluding hydrogens is 194 g/mol. The highest BCUT2D eigenvalue weighted by molar-refractivity contribution is 6.30. The maximum atomic E-state index is 9.10. The van der Waals surface area contributed by atoms with Crippen LogP contribution in [0, 0.1) is 17.2 Å². The highest BCUT2D eigenvalue weighted by atomic mass is 35.5. The highest BCUT2D eigenvalue weighted by Gasteiger charge is 2.28. The fourth-order valence-electron chi connectivity index (χ4n) is 1.90. The number of rotatable bonds is 2. The molecule has 14 heavy (non-hydrogen) atoms. The Hall–Kier alpha value is -1.00. The van der Waals surface area contributed by atoms with Crippen molar-refractivity contribution in [2.24, 2.45) is 5.92 Å². The molecule has 0 N–H and O–H groups in total. The minimum atomic E-state index is 0.0704. The van der Waals surface area contributed by atoms with Crippen LogP contribution in [0.25, 0.3) is 0 Å². The van der Waals surface area contributed by atoms with Gasteiger partial charge in [-0.25, -0.2) is 0 Å². The van der Waals surface area contributed by atoms with E-state index in [1.165, 1.54) is 19.3 Å². The van der Waals surface area contributed by atoms with Crippen molar-refractivity contribution in [1.29, 1.82) is 5.26 Å². The molecule has 1 aliphatic carbocycles. The van der Waals surface area contributed by atoms with Gasteiger partial charge in [-0.2, -0.15) is 5.26 Å². The van der Waals surface area contributed by atoms with Crippen molar-refractivity contribution in [2.45, 2.75) is 25.2 Å². The van der Waals surface area contributed by atoms with E-state index in [9.17, 15) is 0 Å². The van der Waals surface area contributed by atoms with Crippen molar-refractivity contribution in [3.8, 4) is 6.07 Å². The first-order valence-corrected chi connectivity index (χ1v) is 5.34. The largest absolute Gasteiger partial charge is 0.198 e. The molecule has 72 valence electrons. The van der Waals surface area contributed by atoms with Crippen LogP contribution in [0.4, 0.5) is 0 Å². The van der Waals surface area contributed by atoms with Crippen molar-refractivity contribution in [3.63, 3.8) is 0 Å². The molecule has 2 rings (SSSR count). The minimum Gasteiger partial charge on any atom is -0.198 e. The summed E-state index contributed by atoms with van der Waals surface area (Å²) in [5.74, 6) is 0.641. The number of halogens is 1. The summed E-state index contributed by atoms with van der Waals surface area (Å²) in [5.41, 5.74) is 1.11. The quantitative estimate of drug-likeness (QED) is 0.722. The molecule has 1 aliphatic rings. The van der Waals surface area contributed by atoms with Gasteiger partial charge in [0.1, 0.15) is 0 Å². The van der Waals surface area contributed by atoms with Crippen molar-refractivity contribution in [2.75, 3.05) is 0 Å². The fraction of sp³-hybridized carbons (Fsp3) is 0.417. The van der Waals surface area contributed by atoms with Crippen LogP contribution in [0.2, 0.25) is 5.02 Å². The second-order valence-corrected chi connectivity index (χ2v) is 4.29. The van der Waals surface area contributed by atoms with E-state index in [0.717, 1.165) is 10.6 Å². The van der Waals surface area contributed by atoms with Gasteiger partial charge in [-0.15, -0.1) is 0 Å². The number of hydrogen-bond donors (Lipinski definition) is 0. The topological polar surface area (TPSA) is 23.8 Å². The molecule has 1 nitrogen and oxygen atoms in total. The predicted octanol–water partition coefficient (Wildman–Crippen LogP) is 3.75. The Kier molecular flexibility index (Phi) is 2.74. The fourth-order valence-corrected chi connectivity index (χ4v) is 2.02. The van der Waals surface area contributed by atoms with E-state index in [1.54, 1.807) is 0 Å². The summed E-state index contributed by atoms with van der Waals surface area (Å²) in [7, 11) is 0. The summed E-state index contributed by atoms with van der Waals surface area (Å²) in [6, 6.07) is 10.1. The van der Waals surface area contributed by atoms with Crippen LogP contribution in [-0.2, 0) is 0 Å². The van der Waals surface area contributed by atoms with Crippen LogP contribution in [0.15, 0.2) is 24.3 Å². The highest BCUT2D eigenvalue weighted by Crippen LogP contribution is 2.38. The molecule has 0 radical (unpaired) electrons. The van der Waals surface area contributed by atoms with Gasteiger partial charge in [0.15, 0.2) is 0 Å². The van der Waals surface area contributed by atoms with Crippen molar-refractivity contribution >= 4 is 11.6 Å². The second kappa shape index (κ2) is 4.02. The van der Waals surface area contributed by atoms with E-state index in [2.05, 4.69) is 6.07 Å². The number of hydrogen-bond acceptors (Lipinski definition) is 1. The Labute approximate surface area is 89.3 Å². The monoisotopic (exact) mass is 205 g/mol. The molecule has 0 amide bonds. The lowest BCUT2D eigenvalue weighted by Gasteiger charge is -2.29. The summed E-state index contributed by atoms with van der Waals surface area (Å²) < 4.78 is 0. The first-order chi connectivity index (χ1) is 6.81. The third-order valence-corrected chi connectivity index (χ3v) is 3.24. The van der Waals surface area contributed by atoms with Crippen LogP contribution in [0.1, 0.15) is 30.7 Å². The van der Waals surface area contributed by atoms with Crippen LogP contribution < -0.4 is 0 Å². The molecule has 0 aliphatic heterocycles. The van der Waals surface area contributed by atoms with E-state index in [0.29, 0.717) is 5.92 Å². The summed E-state index contributed by atoms with van der Waals surface area (Å²) in [6.07, 6.45) is 3.66. The second-order valence-electron chi connectivity index (χ2n) is 3.85. The summed E-state index contributed by atoms with van der Waals surface area (Å²) >= 11 is 5.80. The average molecular weight is 206 g/mol. The van der Waals surface area contributed by atoms with Gasteiger partial charge in [0, 0.05) is 5.02 Å². The lowest BCUT2D eigenvalue weighted by Crippen LogP contribution is -2.19. The summed E-state index contributed by atoms with van der Waals surface area (Å²) in [5, 5.41) is 9.84. The zero-order chi connectivity index (χ0) is 9.97. The molecule has 1 aromatic rings. The van der Waals surface area contributed by atoms with Gasteiger partial charge >= 0.3 is 0 Å². The van der Waals surface area contributed by atoms with Crippen LogP contribution in [0.5, 0.6) is 0 Å². The summed E-state index contributed by atoms with van der Waals surface area (Å²) in [4.78, 5) is 0. The van der Waals surface area contributed by atoms with Crippen molar-refractivity contribution < 1.29 is 0 Å². The SMILES string of the molecule is N#CC(c1ccc(Cl)cc1)C1CCC1. The first-order valence-electron chi connectivity index (χ1n) is 4.96. The Morgan fingerprint density at radius 2 is 1.93 bits per heavy atom. The van der Waals surface area contributed by atoms with Gasteiger partial charge in [0.2, 0.25) is 0 Å². The first kappa shape index (κ1) is 9.55. The summed E-state index contributed by atoms with van der Waals surface area (Å²) in [6.45, 7) is 0. The molecule has 2 heteroatoms. The maximum Gasteiger partial charge on any atom is 0.0740 e. The number of nitrogens with zero attached hydrogens (tertiary/aromatic N) is 1. The van der Waals surface area contributed by atoms with E-state index >= 15 is 0 Å².